The molecule has 0 saturated heterocycles. The predicted molar refractivity (Wildman–Crippen MR) is 117 cm³/mol. The molecule has 0 spiro atoms. The van der Waals surface area contributed by atoms with E-state index in [2.05, 4.69) is 25.3 Å². The van der Waals surface area contributed by atoms with Crippen LogP contribution in [-0.2, 0) is 13.5 Å². The van der Waals surface area contributed by atoms with E-state index in [-0.39, 0.29) is 5.91 Å². The Morgan fingerprint density at radius 3 is 3.03 bits per heavy atom. The molecule has 11 heteroatoms. The number of carbonyl (C=O) groups is 1. The minimum atomic E-state index is -0.400. The Morgan fingerprint density at radius 1 is 1.31 bits per heavy atom. The number of aromatic amines is 1. The van der Waals surface area contributed by atoms with Gasteiger partial charge in [0.15, 0.2) is 5.01 Å². The zero-order valence-electron chi connectivity index (χ0n) is 17.4. The Hall–Kier alpha value is -3.86. The van der Waals surface area contributed by atoms with Gasteiger partial charge in [-0.25, -0.2) is 9.50 Å². The summed E-state index contributed by atoms with van der Waals surface area (Å²) < 4.78 is 3.54. The Morgan fingerprint density at radius 2 is 2.22 bits per heavy atom. The van der Waals surface area contributed by atoms with Crippen LogP contribution in [0.2, 0.25) is 0 Å². The van der Waals surface area contributed by atoms with Crippen LogP contribution in [0.25, 0.3) is 16.1 Å². The van der Waals surface area contributed by atoms with E-state index in [0.29, 0.717) is 23.0 Å². The number of imidazole rings is 1. The van der Waals surface area contributed by atoms with Crippen molar-refractivity contribution in [1.29, 1.82) is 0 Å². The Labute approximate surface area is 186 Å². The van der Waals surface area contributed by atoms with Gasteiger partial charge >= 0.3 is 0 Å². The molecule has 10 nitrogen and oxygen atoms in total. The molecule has 0 aliphatic carbocycles. The van der Waals surface area contributed by atoms with Crippen LogP contribution in [0.4, 0.5) is 0 Å². The molecule has 0 fully saturated rings. The van der Waals surface area contributed by atoms with Gasteiger partial charge in [0.25, 0.3) is 5.91 Å². The number of carbonyl (C=O) groups excluding carboxylic acids is 1. The number of hydrogen-bond donors (Lipinski definition) is 1. The molecule has 0 aromatic carbocycles. The lowest BCUT2D eigenvalue weighted by Gasteiger charge is -2.33. The van der Waals surface area contributed by atoms with E-state index in [1.54, 1.807) is 22.1 Å². The van der Waals surface area contributed by atoms with E-state index >= 15 is 0 Å². The second-order valence-electron chi connectivity index (χ2n) is 7.82. The van der Waals surface area contributed by atoms with E-state index < -0.39 is 6.04 Å². The van der Waals surface area contributed by atoms with Crippen molar-refractivity contribution in [2.24, 2.45) is 7.05 Å². The second-order valence-corrected chi connectivity index (χ2v) is 8.80. The van der Waals surface area contributed by atoms with Gasteiger partial charge < -0.3 is 9.88 Å². The largest absolute Gasteiger partial charge is 0.348 e. The average Bonchev–Trinajstić information content (AvgIpc) is 3.57. The first-order chi connectivity index (χ1) is 15.6. The summed E-state index contributed by atoms with van der Waals surface area (Å²) in [6.45, 7) is 2.58. The molecule has 1 atom stereocenters. The van der Waals surface area contributed by atoms with Crippen LogP contribution in [0.15, 0.2) is 43.1 Å². The Kier molecular flexibility index (Phi) is 4.18. The maximum absolute atomic E-state index is 13.6. The summed E-state index contributed by atoms with van der Waals surface area (Å²) in [7, 11) is 1.84. The van der Waals surface area contributed by atoms with Crippen LogP contribution in [0.3, 0.4) is 0 Å². The van der Waals surface area contributed by atoms with Crippen LogP contribution in [0.1, 0.15) is 38.5 Å². The van der Waals surface area contributed by atoms with E-state index in [1.807, 2.05) is 49.1 Å². The van der Waals surface area contributed by atoms with Gasteiger partial charge in [0.1, 0.15) is 6.04 Å². The smallest absolute Gasteiger partial charge is 0.285 e. The van der Waals surface area contributed by atoms with Crippen molar-refractivity contribution in [2.75, 3.05) is 6.54 Å². The van der Waals surface area contributed by atoms with Gasteiger partial charge in [-0.3, -0.25) is 9.48 Å². The molecule has 5 aromatic heterocycles. The maximum atomic E-state index is 13.6. The van der Waals surface area contributed by atoms with Crippen molar-refractivity contribution in [2.45, 2.75) is 19.4 Å². The highest BCUT2D eigenvalue weighted by molar-refractivity contribution is 7.16. The highest BCUT2D eigenvalue weighted by Gasteiger charge is 2.37. The molecular weight excluding hydrogens is 426 g/mol. The van der Waals surface area contributed by atoms with Crippen LogP contribution in [0, 0.1) is 6.92 Å². The second kappa shape index (κ2) is 7.09. The topological polar surface area (TPSA) is 110 Å². The number of amides is 1. The van der Waals surface area contributed by atoms with Gasteiger partial charge in [-0.1, -0.05) is 17.4 Å². The summed E-state index contributed by atoms with van der Waals surface area (Å²) in [5.41, 5.74) is 5.59. The summed E-state index contributed by atoms with van der Waals surface area (Å²) in [5.74, 6) is -0.176. The zero-order chi connectivity index (χ0) is 21.8. The Bertz CT molecular complexity index is 1460. The fraction of sp³-hybridized carbons (Fsp3) is 0.238. The maximum Gasteiger partial charge on any atom is 0.285 e. The molecule has 0 saturated carbocycles. The standard InChI is InChI=1S/C21H19N9OS/c1-12-4-3-6-30-16(12)8-15(27-30)18-17-14(22-11-23-17)5-7-29(18)21(31)20-26-25-19(32-20)13-9-24-28(2)10-13/h3-4,6,8-11,18H,5,7H2,1-2H3,(H,22,23). The molecule has 32 heavy (non-hydrogen) atoms. The first kappa shape index (κ1) is 18.9. The number of nitrogens with zero attached hydrogens (tertiary/aromatic N) is 8. The lowest BCUT2D eigenvalue weighted by atomic mass is 9.99. The molecule has 5 aromatic rings. The van der Waals surface area contributed by atoms with Crippen LogP contribution < -0.4 is 0 Å². The van der Waals surface area contributed by atoms with Gasteiger partial charge in [-0.15, -0.1) is 10.2 Å². The van der Waals surface area contributed by atoms with E-state index in [4.69, 9.17) is 5.10 Å². The van der Waals surface area contributed by atoms with Gasteiger partial charge in [0.2, 0.25) is 5.01 Å². The zero-order valence-corrected chi connectivity index (χ0v) is 18.2. The lowest BCUT2D eigenvalue weighted by molar-refractivity contribution is 0.0685. The molecule has 0 bridgehead atoms. The van der Waals surface area contributed by atoms with Crippen molar-refractivity contribution >= 4 is 22.8 Å². The van der Waals surface area contributed by atoms with E-state index in [9.17, 15) is 4.79 Å². The van der Waals surface area contributed by atoms with Crippen molar-refractivity contribution < 1.29 is 4.79 Å². The minimum absolute atomic E-state index is 0.176. The number of hydrogen-bond acceptors (Lipinski definition) is 7. The molecule has 160 valence electrons. The SMILES string of the molecule is Cc1cccn2nc(C3c4nc[nH]c4CCN3C(=O)c3nnc(-c4cnn(C)c4)s3)cc12. The lowest BCUT2D eigenvalue weighted by Crippen LogP contribution is -2.41. The minimum Gasteiger partial charge on any atom is -0.348 e. The third kappa shape index (κ3) is 2.93. The van der Waals surface area contributed by atoms with Gasteiger partial charge in [0, 0.05) is 38.1 Å². The average molecular weight is 446 g/mol. The summed E-state index contributed by atoms with van der Waals surface area (Å²) >= 11 is 1.27. The highest BCUT2D eigenvalue weighted by Crippen LogP contribution is 2.35. The summed E-state index contributed by atoms with van der Waals surface area (Å²) in [4.78, 5) is 23.1. The first-order valence-electron chi connectivity index (χ1n) is 10.2. The number of nitrogens with one attached hydrogen (secondary N) is 1. The fourth-order valence-corrected chi connectivity index (χ4v) is 4.96. The number of fused-ring (bicyclic) bond motifs is 2. The predicted octanol–water partition coefficient (Wildman–Crippen LogP) is 2.41. The van der Waals surface area contributed by atoms with Gasteiger partial charge in [-0.2, -0.15) is 10.2 Å². The van der Waals surface area contributed by atoms with Gasteiger partial charge in [0.05, 0.1) is 35.0 Å². The molecule has 1 aliphatic heterocycles. The van der Waals surface area contributed by atoms with Crippen molar-refractivity contribution in [3.63, 3.8) is 0 Å². The van der Waals surface area contributed by atoms with Crippen LogP contribution in [-0.4, -0.2) is 56.9 Å². The first-order valence-corrected chi connectivity index (χ1v) is 11.0. The van der Waals surface area contributed by atoms with E-state index in [0.717, 1.165) is 33.7 Å². The quantitative estimate of drug-likeness (QED) is 0.457. The summed E-state index contributed by atoms with van der Waals surface area (Å²) in [6.07, 6.45) is 7.86. The van der Waals surface area contributed by atoms with E-state index in [1.165, 1.54) is 11.3 Å². The molecule has 1 aliphatic rings. The number of H-pyrrole nitrogens is 1. The third-order valence-electron chi connectivity index (χ3n) is 5.76. The molecule has 1 N–H and O–H groups in total. The fourth-order valence-electron chi connectivity index (χ4n) is 4.19. The van der Waals surface area contributed by atoms with Gasteiger partial charge in [-0.05, 0) is 24.6 Å². The van der Waals surface area contributed by atoms with Crippen molar-refractivity contribution in [1.82, 2.24) is 44.5 Å². The monoisotopic (exact) mass is 445 g/mol. The highest BCUT2D eigenvalue weighted by atomic mass is 32.1. The molecule has 0 radical (unpaired) electrons. The number of aryl methyl sites for hydroxylation is 2. The molecule has 1 amide bonds. The van der Waals surface area contributed by atoms with Crippen LogP contribution >= 0.6 is 11.3 Å². The van der Waals surface area contributed by atoms with Crippen molar-refractivity contribution in [3.8, 4) is 10.6 Å². The molecule has 6 rings (SSSR count). The third-order valence-corrected chi connectivity index (χ3v) is 6.72. The summed E-state index contributed by atoms with van der Waals surface area (Å²) in [5, 5.41) is 18.4. The normalized spacial score (nSPS) is 15.9. The summed E-state index contributed by atoms with van der Waals surface area (Å²) in [6, 6.07) is 5.64. The molecular formula is C21H19N9OS. The molecule has 6 heterocycles. The number of aromatic nitrogens is 8. The Balaban J connectivity index is 1.41. The molecule has 1 unspecified atom stereocenters. The number of pyridine rings is 1. The number of rotatable bonds is 3. The van der Waals surface area contributed by atoms with Crippen LogP contribution in [0.5, 0.6) is 0 Å². The van der Waals surface area contributed by atoms with Crippen molar-refractivity contribution in [3.05, 3.63) is 70.8 Å².